The molecular weight excluding hydrogens is 210 g/mol. The van der Waals surface area contributed by atoms with E-state index < -0.39 is 0 Å². The highest BCUT2D eigenvalue weighted by molar-refractivity contribution is 7.98. The highest BCUT2D eigenvalue weighted by Crippen LogP contribution is 2.27. The van der Waals surface area contributed by atoms with E-state index in [1.165, 1.54) is 0 Å². The molecule has 0 bridgehead atoms. The Balaban J connectivity index is 2.69. The van der Waals surface area contributed by atoms with Crippen molar-refractivity contribution in [1.29, 1.82) is 0 Å². The molecule has 0 fully saturated rings. The van der Waals surface area contributed by atoms with E-state index in [1.54, 1.807) is 18.9 Å². The lowest BCUT2D eigenvalue weighted by Gasteiger charge is -2.11. The van der Waals surface area contributed by atoms with E-state index in [4.69, 9.17) is 15.2 Å². The molecule has 0 unspecified atom stereocenters. The summed E-state index contributed by atoms with van der Waals surface area (Å²) in [5.74, 6) is 2.50. The minimum absolute atomic E-state index is 0.515. The quantitative estimate of drug-likeness (QED) is 0.754. The lowest BCUT2D eigenvalue weighted by molar-refractivity contribution is 0.313. The average molecular weight is 227 g/mol. The summed E-state index contributed by atoms with van der Waals surface area (Å²) < 4.78 is 10.8. The minimum atomic E-state index is 0.515. The van der Waals surface area contributed by atoms with E-state index in [2.05, 4.69) is 6.26 Å². The maximum atomic E-state index is 5.58. The molecule has 0 aliphatic carbocycles. The van der Waals surface area contributed by atoms with Crippen molar-refractivity contribution in [3.8, 4) is 11.5 Å². The first kappa shape index (κ1) is 12.2. The molecule has 4 heteroatoms. The fourth-order valence-electron chi connectivity index (χ4n) is 1.19. The maximum Gasteiger partial charge on any atom is 0.161 e. The van der Waals surface area contributed by atoms with E-state index in [9.17, 15) is 0 Å². The number of ether oxygens (including phenoxy) is 2. The molecule has 15 heavy (non-hydrogen) atoms. The van der Waals surface area contributed by atoms with Crippen molar-refractivity contribution in [3.05, 3.63) is 23.8 Å². The third-order valence-electron chi connectivity index (χ3n) is 2.01. The van der Waals surface area contributed by atoms with E-state index in [-0.39, 0.29) is 0 Å². The van der Waals surface area contributed by atoms with Crippen LogP contribution in [-0.2, 0) is 6.54 Å². The normalized spacial score (nSPS) is 10.1. The van der Waals surface area contributed by atoms with Crippen molar-refractivity contribution in [3.63, 3.8) is 0 Å². The Morgan fingerprint density at radius 3 is 2.73 bits per heavy atom. The molecule has 1 rings (SSSR count). The second kappa shape index (κ2) is 6.58. The highest BCUT2D eigenvalue weighted by atomic mass is 32.2. The standard InChI is InChI=1S/C11H17NO2S/c1-13-11-7-9(8-12)3-4-10(11)14-5-6-15-2/h3-4,7H,5-6,8,12H2,1-2H3. The van der Waals surface area contributed by atoms with Gasteiger partial charge in [-0.05, 0) is 24.0 Å². The number of hydrogen-bond acceptors (Lipinski definition) is 4. The summed E-state index contributed by atoms with van der Waals surface area (Å²) in [6.07, 6.45) is 2.05. The number of nitrogens with two attached hydrogens (primary N) is 1. The first-order valence-corrected chi connectivity index (χ1v) is 6.20. The van der Waals surface area contributed by atoms with E-state index in [0.717, 1.165) is 22.8 Å². The summed E-state index contributed by atoms with van der Waals surface area (Å²) in [4.78, 5) is 0. The van der Waals surface area contributed by atoms with Crippen molar-refractivity contribution >= 4 is 11.8 Å². The van der Waals surface area contributed by atoms with Gasteiger partial charge in [0.25, 0.3) is 0 Å². The van der Waals surface area contributed by atoms with Crippen LogP contribution in [0.4, 0.5) is 0 Å². The smallest absolute Gasteiger partial charge is 0.161 e. The van der Waals surface area contributed by atoms with Gasteiger partial charge in [-0.15, -0.1) is 0 Å². The molecule has 3 nitrogen and oxygen atoms in total. The van der Waals surface area contributed by atoms with Crippen molar-refractivity contribution < 1.29 is 9.47 Å². The second-order valence-corrected chi connectivity index (χ2v) is 4.02. The Bertz CT molecular complexity index is 305. The minimum Gasteiger partial charge on any atom is -0.493 e. The third-order valence-corrected chi connectivity index (χ3v) is 2.58. The molecule has 84 valence electrons. The van der Waals surface area contributed by atoms with E-state index in [0.29, 0.717) is 13.2 Å². The zero-order valence-corrected chi connectivity index (χ0v) is 9.97. The highest BCUT2D eigenvalue weighted by Gasteiger charge is 2.04. The Kier molecular flexibility index (Phi) is 5.36. The van der Waals surface area contributed by atoms with Crippen molar-refractivity contribution in [2.75, 3.05) is 25.7 Å². The van der Waals surface area contributed by atoms with Gasteiger partial charge in [-0.1, -0.05) is 6.07 Å². The molecule has 0 spiro atoms. The molecule has 1 aromatic carbocycles. The molecule has 1 aromatic rings. The Morgan fingerprint density at radius 2 is 2.13 bits per heavy atom. The molecule has 0 aliphatic rings. The lowest BCUT2D eigenvalue weighted by atomic mass is 10.2. The van der Waals surface area contributed by atoms with Crippen LogP contribution in [0.5, 0.6) is 11.5 Å². The van der Waals surface area contributed by atoms with Crippen LogP contribution in [0.1, 0.15) is 5.56 Å². The zero-order valence-electron chi connectivity index (χ0n) is 9.16. The van der Waals surface area contributed by atoms with Gasteiger partial charge in [0.1, 0.15) is 0 Å². The molecule has 0 saturated carbocycles. The summed E-state index contributed by atoms with van der Waals surface area (Å²) in [7, 11) is 1.64. The van der Waals surface area contributed by atoms with Crippen molar-refractivity contribution in [2.24, 2.45) is 5.73 Å². The van der Waals surface area contributed by atoms with E-state index >= 15 is 0 Å². The van der Waals surface area contributed by atoms with Gasteiger partial charge in [0, 0.05) is 12.3 Å². The largest absolute Gasteiger partial charge is 0.493 e. The van der Waals surface area contributed by atoms with Crippen LogP contribution in [0.25, 0.3) is 0 Å². The Hall–Kier alpha value is -0.870. The summed E-state index contributed by atoms with van der Waals surface area (Å²) in [5.41, 5.74) is 6.59. The second-order valence-electron chi connectivity index (χ2n) is 3.03. The van der Waals surface area contributed by atoms with Gasteiger partial charge < -0.3 is 15.2 Å². The average Bonchev–Trinajstić information content (AvgIpc) is 2.29. The number of rotatable bonds is 6. The Morgan fingerprint density at radius 1 is 1.33 bits per heavy atom. The van der Waals surface area contributed by atoms with Crippen molar-refractivity contribution in [1.82, 2.24) is 0 Å². The van der Waals surface area contributed by atoms with Gasteiger partial charge in [0.05, 0.1) is 13.7 Å². The van der Waals surface area contributed by atoms with Crippen LogP contribution in [0.3, 0.4) is 0 Å². The van der Waals surface area contributed by atoms with Crippen LogP contribution in [0.2, 0.25) is 0 Å². The van der Waals surface area contributed by atoms with Crippen LogP contribution in [0.15, 0.2) is 18.2 Å². The first-order valence-electron chi connectivity index (χ1n) is 4.80. The maximum absolute atomic E-state index is 5.58. The molecule has 0 aliphatic heterocycles. The number of benzene rings is 1. The van der Waals surface area contributed by atoms with Gasteiger partial charge >= 0.3 is 0 Å². The number of hydrogen-bond donors (Lipinski definition) is 1. The zero-order chi connectivity index (χ0) is 11.1. The molecular formula is C11H17NO2S. The monoisotopic (exact) mass is 227 g/mol. The summed E-state index contributed by atoms with van der Waals surface area (Å²) in [5, 5.41) is 0. The van der Waals surface area contributed by atoms with Gasteiger partial charge in [0.15, 0.2) is 11.5 Å². The summed E-state index contributed by atoms with van der Waals surface area (Å²) in [6.45, 7) is 1.21. The molecule has 0 aromatic heterocycles. The van der Waals surface area contributed by atoms with Gasteiger partial charge in [-0.2, -0.15) is 11.8 Å². The van der Waals surface area contributed by atoms with Crippen LogP contribution in [0, 0.1) is 0 Å². The lowest BCUT2D eigenvalue weighted by Crippen LogP contribution is -2.03. The predicted octanol–water partition coefficient (Wildman–Crippen LogP) is 1.90. The van der Waals surface area contributed by atoms with Gasteiger partial charge in [-0.3, -0.25) is 0 Å². The molecule has 0 saturated heterocycles. The van der Waals surface area contributed by atoms with Crippen LogP contribution < -0.4 is 15.2 Å². The summed E-state index contributed by atoms with van der Waals surface area (Å²) >= 11 is 1.76. The fraction of sp³-hybridized carbons (Fsp3) is 0.455. The molecule has 2 N–H and O–H groups in total. The summed E-state index contributed by atoms with van der Waals surface area (Å²) in [6, 6.07) is 5.77. The van der Waals surface area contributed by atoms with Crippen molar-refractivity contribution in [2.45, 2.75) is 6.54 Å². The Labute approximate surface area is 94.9 Å². The van der Waals surface area contributed by atoms with Crippen LogP contribution in [-0.4, -0.2) is 25.7 Å². The van der Waals surface area contributed by atoms with E-state index in [1.807, 2.05) is 18.2 Å². The SMILES string of the molecule is COc1cc(CN)ccc1OCCSC. The molecule has 0 atom stereocenters. The van der Waals surface area contributed by atoms with Crippen LogP contribution >= 0.6 is 11.8 Å². The first-order chi connectivity index (χ1) is 7.31. The number of methoxy groups -OCH3 is 1. The fourth-order valence-corrected chi connectivity index (χ4v) is 1.44. The third kappa shape index (κ3) is 3.64. The molecule has 0 heterocycles. The number of thioether (sulfide) groups is 1. The molecule has 0 amide bonds. The molecule has 0 radical (unpaired) electrons. The van der Waals surface area contributed by atoms with Gasteiger partial charge in [-0.25, -0.2) is 0 Å². The van der Waals surface area contributed by atoms with Gasteiger partial charge in [0.2, 0.25) is 0 Å². The topological polar surface area (TPSA) is 44.5 Å². The predicted molar refractivity (Wildman–Crippen MR) is 64.8 cm³/mol.